The van der Waals surface area contributed by atoms with Gasteiger partial charge in [-0.2, -0.15) is 0 Å². The molecule has 3 aromatic carbocycles. The van der Waals surface area contributed by atoms with Gasteiger partial charge in [-0.25, -0.2) is 0 Å². The van der Waals surface area contributed by atoms with E-state index in [1.165, 1.54) is 7.11 Å². The molecular weight excluding hydrogens is 536 g/mol. The van der Waals surface area contributed by atoms with E-state index >= 15 is 0 Å². The molecule has 0 fully saturated rings. The van der Waals surface area contributed by atoms with Crippen LogP contribution >= 0.6 is 31.9 Å². The van der Waals surface area contributed by atoms with Crippen molar-refractivity contribution in [3.8, 4) is 5.75 Å². The Morgan fingerprint density at radius 1 is 0.844 bits per heavy atom. The lowest BCUT2D eigenvalue weighted by Crippen LogP contribution is -2.15. The van der Waals surface area contributed by atoms with Crippen molar-refractivity contribution < 1.29 is 14.3 Å². The molecule has 2 N–H and O–H groups in total. The molecule has 3 rings (SSSR count). The van der Waals surface area contributed by atoms with Crippen LogP contribution in [-0.4, -0.2) is 18.9 Å². The van der Waals surface area contributed by atoms with Crippen LogP contribution in [0.1, 0.15) is 47.1 Å². The molecule has 0 atom stereocenters. The first kappa shape index (κ1) is 24.0. The Labute approximate surface area is 204 Å². The number of carbonyl (C=O) groups excluding carboxylic acids is 2. The van der Waals surface area contributed by atoms with Gasteiger partial charge < -0.3 is 15.4 Å². The molecule has 5 nitrogen and oxygen atoms in total. The van der Waals surface area contributed by atoms with Crippen LogP contribution in [0.2, 0.25) is 0 Å². The number of carbonyl (C=O) groups is 2. The number of anilines is 2. The number of nitrogens with one attached hydrogen (secondary N) is 2. The quantitative estimate of drug-likeness (QED) is 0.353. The highest BCUT2D eigenvalue weighted by Gasteiger charge is 2.17. The molecule has 0 bridgehead atoms. The molecule has 2 amide bonds. The van der Waals surface area contributed by atoms with E-state index < -0.39 is 0 Å². The van der Waals surface area contributed by atoms with Crippen molar-refractivity contribution in [3.63, 3.8) is 0 Å². The minimum Gasteiger partial charge on any atom is -0.495 e. The second kappa shape index (κ2) is 9.88. The van der Waals surface area contributed by atoms with Gasteiger partial charge in [-0.1, -0.05) is 54.9 Å². The maximum Gasteiger partial charge on any atom is 0.259 e. The second-order valence-electron chi connectivity index (χ2n) is 8.28. The fourth-order valence-electron chi connectivity index (χ4n) is 3.13. The van der Waals surface area contributed by atoms with E-state index in [0.717, 1.165) is 10.0 Å². The summed E-state index contributed by atoms with van der Waals surface area (Å²) in [6.45, 7) is 6.39. The first-order chi connectivity index (χ1) is 15.1. The normalized spacial score (nSPS) is 11.1. The molecule has 0 unspecified atom stereocenters. The Morgan fingerprint density at radius 3 is 2.00 bits per heavy atom. The van der Waals surface area contributed by atoms with E-state index in [0.29, 0.717) is 32.7 Å². The second-order valence-corrected chi connectivity index (χ2v) is 10.1. The minimum atomic E-state index is -0.329. The van der Waals surface area contributed by atoms with Crippen molar-refractivity contribution in [2.24, 2.45) is 0 Å². The van der Waals surface area contributed by atoms with E-state index in [4.69, 9.17) is 4.74 Å². The van der Waals surface area contributed by atoms with Crippen LogP contribution < -0.4 is 15.4 Å². The van der Waals surface area contributed by atoms with Crippen molar-refractivity contribution in [3.05, 3.63) is 86.3 Å². The third-order valence-electron chi connectivity index (χ3n) is 4.85. The van der Waals surface area contributed by atoms with Crippen molar-refractivity contribution >= 4 is 55.0 Å². The molecule has 0 aliphatic carbocycles. The molecule has 7 heteroatoms. The molecule has 32 heavy (non-hydrogen) atoms. The van der Waals surface area contributed by atoms with Crippen LogP contribution in [0.15, 0.2) is 69.6 Å². The summed E-state index contributed by atoms with van der Waals surface area (Å²) < 4.78 is 6.77. The number of amides is 2. The highest BCUT2D eigenvalue weighted by atomic mass is 79.9. The fourth-order valence-corrected chi connectivity index (χ4v) is 4.52. The largest absolute Gasteiger partial charge is 0.495 e. The molecule has 0 radical (unpaired) electrons. The van der Waals surface area contributed by atoms with Crippen LogP contribution in [0.4, 0.5) is 11.4 Å². The van der Waals surface area contributed by atoms with Gasteiger partial charge in [0, 0.05) is 21.4 Å². The van der Waals surface area contributed by atoms with Crippen LogP contribution in [0, 0.1) is 0 Å². The third-order valence-corrected chi connectivity index (χ3v) is 5.90. The molecule has 0 heterocycles. The standard InChI is InChI=1S/C25H24Br2N2O3/c1-25(2,3)16-10-8-15(9-11-16)23(30)28-18-6-5-7-19(14-18)29-24(31)20-12-17(26)13-21(27)22(20)32-4/h5-14H,1-4H3,(H,28,30)(H,29,31). The van der Waals surface area contributed by atoms with Gasteiger partial charge in [-0.3, -0.25) is 9.59 Å². The number of methoxy groups -OCH3 is 1. The van der Waals surface area contributed by atoms with Gasteiger partial charge in [0.1, 0.15) is 5.75 Å². The average Bonchev–Trinajstić information content (AvgIpc) is 2.73. The number of benzene rings is 3. The van der Waals surface area contributed by atoms with E-state index in [2.05, 4.69) is 63.3 Å². The van der Waals surface area contributed by atoms with Gasteiger partial charge in [-0.15, -0.1) is 0 Å². The molecule has 3 aromatic rings. The summed E-state index contributed by atoms with van der Waals surface area (Å²) in [7, 11) is 1.51. The fraction of sp³-hybridized carbons (Fsp3) is 0.200. The van der Waals surface area contributed by atoms with E-state index in [1.54, 1.807) is 36.4 Å². The number of hydrogen-bond acceptors (Lipinski definition) is 3. The molecule has 0 aliphatic heterocycles. The molecule has 0 spiro atoms. The van der Waals surface area contributed by atoms with Gasteiger partial charge in [0.25, 0.3) is 11.8 Å². The summed E-state index contributed by atoms with van der Waals surface area (Å²) in [5.74, 6) is -0.106. The number of rotatable bonds is 5. The maximum atomic E-state index is 12.8. The number of hydrogen-bond donors (Lipinski definition) is 2. The van der Waals surface area contributed by atoms with Crippen LogP contribution in [0.25, 0.3) is 0 Å². The smallest absolute Gasteiger partial charge is 0.259 e. The zero-order chi connectivity index (χ0) is 23.5. The van der Waals surface area contributed by atoms with Gasteiger partial charge in [0.15, 0.2) is 0 Å². The van der Waals surface area contributed by atoms with Crippen molar-refractivity contribution in [1.29, 1.82) is 0 Å². The Bertz CT molecular complexity index is 1150. The first-order valence-corrected chi connectivity index (χ1v) is 11.5. The summed E-state index contributed by atoms with van der Waals surface area (Å²) in [6, 6.07) is 18.1. The highest BCUT2D eigenvalue weighted by molar-refractivity contribution is 9.11. The summed E-state index contributed by atoms with van der Waals surface area (Å²) in [4.78, 5) is 25.5. The molecule has 0 saturated heterocycles. The number of ether oxygens (including phenoxy) is 1. The summed E-state index contributed by atoms with van der Waals surface area (Å²) in [5, 5.41) is 5.73. The molecule has 0 saturated carbocycles. The first-order valence-electron chi connectivity index (χ1n) is 9.95. The summed E-state index contributed by atoms with van der Waals surface area (Å²) in [5.41, 5.74) is 3.25. The Morgan fingerprint density at radius 2 is 1.44 bits per heavy atom. The predicted molar refractivity (Wildman–Crippen MR) is 136 cm³/mol. The topological polar surface area (TPSA) is 67.4 Å². The van der Waals surface area contributed by atoms with Crippen LogP contribution in [0.3, 0.4) is 0 Å². The zero-order valence-corrected chi connectivity index (χ0v) is 21.4. The molecule has 0 aromatic heterocycles. The van der Waals surface area contributed by atoms with Crippen molar-refractivity contribution in [2.45, 2.75) is 26.2 Å². The predicted octanol–water partition coefficient (Wildman–Crippen LogP) is 7.02. The molecular formula is C25H24Br2N2O3. The van der Waals surface area contributed by atoms with Gasteiger partial charge in [0.05, 0.1) is 17.1 Å². The highest BCUT2D eigenvalue weighted by Crippen LogP contribution is 2.33. The summed E-state index contributed by atoms with van der Waals surface area (Å²) in [6.07, 6.45) is 0. The van der Waals surface area contributed by atoms with Gasteiger partial charge in [-0.05, 0) is 69.4 Å². The van der Waals surface area contributed by atoms with E-state index in [9.17, 15) is 9.59 Å². The zero-order valence-electron chi connectivity index (χ0n) is 18.3. The Hall–Kier alpha value is -2.64. The third kappa shape index (κ3) is 5.78. The maximum absolute atomic E-state index is 12.8. The lowest BCUT2D eigenvalue weighted by atomic mass is 9.87. The molecule has 0 aliphatic rings. The van der Waals surface area contributed by atoms with Gasteiger partial charge >= 0.3 is 0 Å². The van der Waals surface area contributed by atoms with E-state index in [1.807, 2.05) is 24.3 Å². The van der Waals surface area contributed by atoms with Crippen molar-refractivity contribution in [2.75, 3.05) is 17.7 Å². The van der Waals surface area contributed by atoms with Crippen LogP contribution in [0.5, 0.6) is 5.75 Å². The Balaban J connectivity index is 1.75. The summed E-state index contributed by atoms with van der Waals surface area (Å²) >= 11 is 6.80. The Kier molecular flexibility index (Phi) is 7.41. The average molecular weight is 560 g/mol. The van der Waals surface area contributed by atoms with Gasteiger partial charge in [0.2, 0.25) is 0 Å². The lowest BCUT2D eigenvalue weighted by molar-refractivity contribution is 0.101. The number of halogens is 2. The minimum absolute atomic E-state index is 0.0220. The van der Waals surface area contributed by atoms with Crippen molar-refractivity contribution in [1.82, 2.24) is 0 Å². The van der Waals surface area contributed by atoms with E-state index in [-0.39, 0.29) is 17.2 Å². The monoisotopic (exact) mass is 558 g/mol. The SMILES string of the molecule is COc1c(Br)cc(Br)cc1C(=O)Nc1cccc(NC(=O)c2ccc(C(C)(C)C)cc2)c1. The lowest BCUT2D eigenvalue weighted by Gasteiger charge is -2.19. The molecule has 166 valence electrons. The van der Waals surface area contributed by atoms with Crippen LogP contribution in [-0.2, 0) is 5.41 Å².